The van der Waals surface area contributed by atoms with Gasteiger partial charge in [-0.25, -0.2) is 8.42 Å². The number of aryl methyl sites for hydroxylation is 1. The van der Waals surface area contributed by atoms with Crippen molar-refractivity contribution in [2.75, 3.05) is 23.7 Å². The third-order valence-electron chi connectivity index (χ3n) is 5.22. The zero-order chi connectivity index (χ0) is 25.5. The van der Waals surface area contributed by atoms with Gasteiger partial charge in [-0.15, -0.1) is 0 Å². The Morgan fingerprint density at radius 3 is 2.12 bits per heavy atom. The summed E-state index contributed by atoms with van der Waals surface area (Å²) in [6, 6.07) is 11.2. The largest absolute Gasteiger partial charge is 0.354 e. The normalized spacial score (nSPS) is 12.2. The molecule has 0 bridgehead atoms. The van der Waals surface area contributed by atoms with Crippen LogP contribution >= 0.6 is 23.2 Å². The average Bonchev–Trinajstić information content (AvgIpc) is 2.75. The van der Waals surface area contributed by atoms with E-state index in [1.165, 1.54) is 23.1 Å². The van der Waals surface area contributed by atoms with Crippen LogP contribution in [0.5, 0.6) is 0 Å². The molecule has 0 heterocycles. The highest BCUT2D eigenvalue weighted by Crippen LogP contribution is 2.27. The van der Waals surface area contributed by atoms with Gasteiger partial charge >= 0.3 is 0 Å². The van der Waals surface area contributed by atoms with Crippen molar-refractivity contribution in [3.8, 4) is 0 Å². The van der Waals surface area contributed by atoms with Gasteiger partial charge in [0, 0.05) is 23.1 Å². The lowest BCUT2D eigenvalue weighted by Gasteiger charge is -2.33. The molecule has 0 aliphatic heterocycles. The predicted octanol–water partition coefficient (Wildman–Crippen LogP) is 4.40. The van der Waals surface area contributed by atoms with Gasteiger partial charge in [-0.1, -0.05) is 66.9 Å². The molecule has 0 aliphatic rings. The Bertz CT molecular complexity index is 1090. The van der Waals surface area contributed by atoms with E-state index in [0.717, 1.165) is 28.1 Å². The van der Waals surface area contributed by atoms with E-state index in [9.17, 15) is 18.0 Å². The minimum atomic E-state index is -3.86. The molecule has 2 aromatic rings. The van der Waals surface area contributed by atoms with Gasteiger partial charge in [0.25, 0.3) is 0 Å². The Labute approximate surface area is 212 Å². The summed E-state index contributed by atoms with van der Waals surface area (Å²) in [6.07, 6.45) is 2.13. The van der Waals surface area contributed by atoms with Crippen molar-refractivity contribution in [2.24, 2.45) is 0 Å². The number of carbonyl (C=O) groups is 2. The van der Waals surface area contributed by atoms with Gasteiger partial charge in [0.15, 0.2) is 0 Å². The fourth-order valence-corrected chi connectivity index (χ4v) is 4.82. The maximum atomic E-state index is 13.6. The molecule has 0 saturated heterocycles. The molecular weight excluding hydrogens is 497 g/mol. The van der Waals surface area contributed by atoms with E-state index < -0.39 is 28.5 Å². The first-order valence-corrected chi connectivity index (χ1v) is 13.6. The van der Waals surface area contributed by atoms with Crippen molar-refractivity contribution in [3.63, 3.8) is 0 Å². The highest BCUT2D eigenvalue weighted by molar-refractivity contribution is 7.92. The van der Waals surface area contributed by atoms with Crippen molar-refractivity contribution in [2.45, 2.75) is 46.2 Å². The summed E-state index contributed by atoms with van der Waals surface area (Å²) >= 11 is 12.1. The van der Waals surface area contributed by atoms with Crippen LogP contribution in [0.3, 0.4) is 0 Å². The van der Waals surface area contributed by atoms with Gasteiger partial charge in [0.05, 0.1) is 11.9 Å². The van der Waals surface area contributed by atoms with Crippen LogP contribution in [0.1, 0.15) is 37.8 Å². The minimum Gasteiger partial charge on any atom is -0.354 e. The summed E-state index contributed by atoms with van der Waals surface area (Å²) in [4.78, 5) is 27.9. The smallest absolute Gasteiger partial charge is 0.244 e. The topological polar surface area (TPSA) is 86.8 Å². The van der Waals surface area contributed by atoms with Gasteiger partial charge < -0.3 is 10.2 Å². The third kappa shape index (κ3) is 7.89. The summed E-state index contributed by atoms with van der Waals surface area (Å²) in [5.41, 5.74) is 2.07. The van der Waals surface area contributed by atoms with Crippen LogP contribution in [0.25, 0.3) is 0 Å². The second-order valence-electron chi connectivity index (χ2n) is 8.12. The lowest BCUT2D eigenvalue weighted by molar-refractivity contribution is -0.140. The van der Waals surface area contributed by atoms with Crippen LogP contribution in [0.15, 0.2) is 42.5 Å². The summed E-state index contributed by atoms with van der Waals surface area (Å²) in [6.45, 7) is 5.86. The molecule has 7 nitrogen and oxygen atoms in total. The first-order chi connectivity index (χ1) is 16.0. The number of hydrogen-bond acceptors (Lipinski definition) is 4. The first kappa shape index (κ1) is 28.0. The number of amides is 2. The number of halogens is 2. The molecule has 2 rings (SSSR count). The number of hydrogen-bond donors (Lipinski definition) is 1. The molecule has 1 atom stereocenters. The van der Waals surface area contributed by atoms with Gasteiger partial charge in [0.1, 0.15) is 12.6 Å². The molecule has 0 unspecified atom stereocenters. The predicted molar refractivity (Wildman–Crippen MR) is 138 cm³/mol. The second kappa shape index (κ2) is 12.4. The van der Waals surface area contributed by atoms with Gasteiger partial charge in [-0.3, -0.25) is 13.9 Å². The number of rotatable bonds is 11. The van der Waals surface area contributed by atoms with Gasteiger partial charge in [-0.05, 0) is 43.5 Å². The molecule has 0 spiro atoms. The molecule has 2 aromatic carbocycles. The summed E-state index contributed by atoms with van der Waals surface area (Å²) in [5.74, 6) is -0.790. The zero-order valence-electron chi connectivity index (χ0n) is 19.8. The quantitative estimate of drug-likeness (QED) is 0.469. The Kier molecular flexibility index (Phi) is 10.2. The van der Waals surface area contributed by atoms with Gasteiger partial charge in [0.2, 0.25) is 21.8 Å². The molecule has 2 amide bonds. The molecule has 0 aliphatic carbocycles. The third-order valence-corrected chi connectivity index (χ3v) is 6.80. The van der Waals surface area contributed by atoms with Crippen molar-refractivity contribution >= 4 is 50.7 Å². The van der Waals surface area contributed by atoms with Crippen molar-refractivity contribution in [1.82, 2.24) is 10.2 Å². The fourth-order valence-electron chi connectivity index (χ4n) is 3.47. The van der Waals surface area contributed by atoms with E-state index in [-0.39, 0.29) is 28.2 Å². The van der Waals surface area contributed by atoms with E-state index >= 15 is 0 Å². The maximum absolute atomic E-state index is 13.6. The monoisotopic (exact) mass is 527 g/mol. The molecule has 0 saturated carbocycles. The van der Waals surface area contributed by atoms with E-state index in [4.69, 9.17) is 23.2 Å². The lowest BCUT2D eigenvalue weighted by Crippen LogP contribution is -2.52. The molecule has 1 N–H and O–H groups in total. The van der Waals surface area contributed by atoms with E-state index in [0.29, 0.717) is 13.0 Å². The van der Waals surface area contributed by atoms with E-state index in [2.05, 4.69) is 5.32 Å². The Balaban J connectivity index is 2.44. The van der Waals surface area contributed by atoms with Crippen LogP contribution < -0.4 is 9.62 Å². The summed E-state index contributed by atoms with van der Waals surface area (Å²) in [7, 11) is -3.86. The number of nitrogens with one attached hydrogen (secondary N) is 1. The fraction of sp³-hybridized carbons (Fsp3) is 0.417. The zero-order valence-corrected chi connectivity index (χ0v) is 22.2. The number of nitrogens with zero attached hydrogens (tertiary/aromatic N) is 2. The maximum Gasteiger partial charge on any atom is 0.244 e. The molecule has 10 heteroatoms. The SMILES string of the molecule is CCCNC(=O)[C@@H](CC)N(Cc1ccc(C)cc1)C(=O)CN(c1cc(Cl)cc(Cl)c1)S(C)(=O)=O. The molecule has 34 heavy (non-hydrogen) atoms. The number of benzene rings is 2. The number of sulfonamides is 1. The Morgan fingerprint density at radius 1 is 1.03 bits per heavy atom. The standard InChI is InChI=1S/C24H31Cl2N3O4S/c1-5-11-27-24(31)22(6-2)28(15-18-9-7-17(3)8-10-18)23(30)16-29(34(4,32)33)21-13-19(25)12-20(26)14-21/h7-10,12-14,22H,5-6,11,15-16H2,1-4H3,(H,27,31)/t22-/m1/s1. The van der Waals surface area contributed by atoms with Crippen molar-refractivity contribution in [1.29, 1.82) is 0 Å². The Hall–Kier alpha value is -2.29. The highest BCUT2D eigenvalue weighted by Gasteiger charge is 2.31. The molecule has 0 fully saturated rings. The molecule has 186 valence electrons. The first-order valence-electron chi connectivity index (χ1n) is 11.0. The van der Waals surface area contributed by atoms with Crippen LogP contribution in [0.4, 0.5) is 5.69 Å². The number of anilines is 1. The highest BCUT2D eigenvalue weighted by atomic mass is 35.5. The van der Waals surface area contributed by atoms with E-state index in [1.807, 2.05) is 45.0 Å². The number of carbonyl (C=O) groups excluding carboxylic acids is 2. The Morgan fingerprint density at radius 2 is 1.62 bits per heavy atom. The average molecular weight is 529 g/mol. The van der Waals surface area contributed by atoms with E-state index in [1.54, 1.807) is 0 Å². The molecular formula is C24H31Cl2N3O4S. The molecule has 0 aromatic heterocycles. The minimum absolute atomic E-state index is 0.158. The van der Waals surface area contributed by atoms with Gasteiger partial charge in [-0.2, -0.15) is 0 Å². The van der Waals surface area contributed by atoms with Crippen molar-refractivity contribution < 1.29 is 18.0 Å². The summed E-state index contributed by atoms with van der Waals surface area (Å²) < 4.78 is 26.2. The van der Waals surface area contributed by atoms with Crippen molar-refractivity contribution in [3.05, 3.63) is 63.6 Å². The second-order valence-corrected chi connectivity index (χ2v) is 10.9. The van der Waals surface area contributed by atoms with Crippen LogP contribution in [-0.4, -0.2) is 50.5 Å². The molecule has 0 radical (unpaired) electrons. The van der Waals surface area contributed by atoms with Crippen LogP contribution in [0.2, 0.25) is 10.0 Å². The lowest BCUT2D eigenvalue weighted by atomic mass is 10.1. The van der Waals surface area contributed by atoms with Crippen LogP contribution in [-0.2, 0) is 26.2 Å². The summed E-state index contributed by atoms with van der Waals surface area (Å²) in [5, 5.41) is 3.33. The van der Waals surface area contributed by atoms with Crippen LogP contribution in [0, 0.1) is 6.92 Å².